The third kappa shape index (κ3) is 17.4. The van der Waals surface area contributed by atoms with Gasteiger partial charge in [0.1, 0.15) is 0 Å². The summed E-state index contributed by atoms with van der Waals surface area (Å²) in [6.45, 7) is 6.38. The maximum atomic E-state index is 12.2. The van der Waals surface area contributed by atoms with Gasteiger partial charge in [-0.2, -0.15) is 8.42 Å². The zero-order valence-electron chi connectivity index (χ0n) is 23.5. The number of hydrogen-bond acceptors (Lipinski definition) is 6. The number of carbonyl (C=O) groups excluding carboxylic acids is 1. The topological polar surface area (TPSA) is 113 Å². The van der Waals surface area contributed by atoms with Gasteiger partial charge >= 0.3 is 5.97 Å². The van der Waals surface area contributed by atoms with E-state index >= 15 is 0 Å². The molecular formula is C30H49NO6S. The first kappa shape index (κ1) is 33.9. The fraction of sp³-hybridized carbons (Fsp3) is 0.633. The van der Waals surface area contributed by atoms with Gasteiger partial charge in [-0.25, -0.2) is 0 Å². The van der Waals surface area contributed by atoms with Crippen LogP contribution < -0.4 is 10.1 Å². The lowest BCUT2D eigenvalue weighted by Gasteiger charge is -2.19. The van der Waals surface area contributed by atoms with Crippen LogP contribution in [-0.4, -0.2) is 42.4 Å². The Bertz CT molecular complexity index is 955. The molecule has 0 fully saturated rings. The van der Waals surface area contributed by atoms with Gasteiger partial charge in [-0.05, 0) is 49.8 Å². The predicted molar refractivity (Wildman–Crippen MR) is 155 cm³/mol. The smallest absolute Gasteiger partial charge is 0.311 e. The standard InChI is InChI=1S/C30H49NO6S/c1-4-5-6-7-8-9-10-11-12-13-14-15-16-17-18-19-30(33)37-29-21-20-26(22-28(29)32)27(23-31-25(2)3)24-38(34,35)36/h7-8,10-11,20-22,25,27,31-32H,4-6,9,12-19,23-24H2,1-3H3,(H,34,35,36). The van der Waals surface area contributed by atoms with Gasteiger partial charge in [0.05, 0.1) is 5.75 Å². The van der Waals surface area contributed by atoms with Gasteiger partial charge in [0.15, 0.2) is 11.5 Å². The van der Waals surface area contributed by atoms with E-state index in [0.717, 1.165) is 38.5 Å². The molecule has 1 aromatic carbocycles. The summed E-state index contributed by atoms with van der Waals surface area (Å²) in [5, 5.41) is 13.5. The van der Waals surface area contributed by atoms with Gasteiger partial charge in [0.2, 0.25) is 0 Å². The monoisotopic (exact) mass is 551 g/mol. The molecule has 0 bridgehead atoms. The molecule has 0 aliphatic carbocycles. The summed E-state index contributed by atoms with van der Waals surface area (Å²) in [5.74, 6) is -1.62. The molecule has 7 nitrogen and oxygen atoms in total. The Morgan fingerprint density at radius 3 is 2.21 bits per heavy atom. The highest BCUT2D eigenvalue weighted by molar-refractivity contribution is 7.85. The van der Waals surface area contributed by atoms with Crippen molar-refractivity contribution in [3.8, 4) is 11.5 Å². The Hall–Kier alpha value is -2.16. The van der Waals surface area contributed by atoms with Gasteiger partial charge in [0.25, 0.3) is 10.1 Å². The number of hydrogen-bond donors (Lipinski definition) is 3. The summed E-state index contributed by atoms with van der Waals surface area (Å²) in [6, 6.07) is 4.59. The Kier molecular flexibility index (Phi) is 17.7. The average Bonchev–Trinajstić information content (AvgIpc) is 2.84. The van der Waals surface area contributed by atoms with Crippen molar-refractivity contribution in [2.45, 2.75) is 110 Å². The van der Waals surface area contributed by atoms with Crippen LogP contribution in [0.1, 0.15) is 109 Å². The van der Waals surface area contributed by atoms with Gasteiger partial charge in [-0.3, -0.25) is 9.35 Å². The second-order valence-corrected chi connectivity index (χ2v) is 11.7. The third-order valence-corrected chi connectivity index (χ3v) is 7.02. The summed E-state index contributed by atoms with van der Waals surface area (Å²) in [4.78, 5) is 12.2. The van der Waals surface area contributed by atoms with Gasteiger partial charge in [-0.15, -0.1) is 0 Å². The van der Waals surface area contributed by atoms with E-state index < -0.39 is 27.8 Å². The van der Waals surface area contributed by atoms with E-state index in [1.807, 2.05) is 13.8 Å². The number of benzene rings is 1. The molecule has 1 unspecified atom stereocenters. The molecule has 0 heterocycles. The first-order valence-corrected chi connectivity index (χ1v) is 15.8. The molecule has 1 atom stereocenters. The number of aromatic hydroxyl groups is 1. The van der Waals surface area contributed by atoms with Gasteiger partial charge in [0, 0.05) is 24.9 Å². The van der Waals surface area contributed by atoms with Crippen LogP contribution in [0.3, 0.4) is 0 Å². The first-order chi connectivity index (χ1) is 18.1. The zero-order chi connectivity index (χ0) is 28.2. The van der Waals surface area contributed by atoms with Crippen LogP contribution in [0.2, 0.25) is 0 Å². The summed E-state index contributed by atoms with van der Waals surface area (Å²) in [7, 11) is -4.20. The number of phenolic OH excluding ortho intramolecular Hbond substituents is 1. The molecule has 0 aromatic heterocycles. The van der Waals surface area contributed by atoms with Crippen LogP contribution in [0.15, 0.2) is 42.5 Å². The quantitative estimate of drug-likeness (QED) is 0.0492. The second kappa shape index (κ2) is 19.8. The summed E-state index contributed by atoms with van der Waals surface area (Å²) < 4.78 is 37.5. The van der Waals surface area contributed by atoms with E-state index in [-0.39, 0.29) is 24.0 Å². The lowest BCUT2D eigenvalue weighted by molar-refractivity contribution is -0.134. The highest BCUT2D eigenvalue weighted by Gasteiger charge is 2.21. The molecule has 0 amide bonds. The number of allylic oxidation sites excluding steroid dienone is 4. The molecule has 0 spiro atoms. The first-order valence-electron chi connectivity index (χ1n) is 14.1. The van der Waals surface area contributed by atoms with Crippen LogP contribution in [0.25, 0.3) is 0 Å². The molecule has 0 saturated carbocycles. The van der Waals surface area contributed by atoms with Crippen molar-refractivity contribution in [2.75, 3.05) is 12.3 Å². The maximum Gasteiger partial charge on any atom is 0.311 e. The SMILES string of the molecule is CCCCC=CCC=CCCCCCCCCC(=O)Oc1ccc(C(CNC(C)C)CS(=O)(=O)O)cc1O. The highest BCUT2D eigenvalue weighted by atomic mass is 32.2. The normalized spacial score (nSPS) is 13.1. The molecule has 0 aliphatic rings. The molecule has 3 N–H and O–H groups in total. The molecule has 0 saturated heterocycles. The van der Waals surface area contributed by atoms with Crippen LogP contribution in [-0.2, 0) is 14.9 Å². The van der Waals surface area contributed by atoms with Gasteiger partial charge < -0.3 is 15.2 Å². The van der Waals surface area contributed by atoms with Crippen molar-refractivity contribution in [1.29, 1.82) is 0 Å². The Morgan fingerprint density at radius 2 is 1.61 bits per heavy atom. The van der Waals surface area contributed by atoms with E-state index in [4.69, 9.17) is 4.74 Å². The number of rotatable bonds is 21. The van der Waals surface area contributed by atoms with Crippen LogP contribution in [0, 0.1) is 0 Å². The molecule has 38 heavy (non-hydrogen) atoms. The minimum absolute atomic E-state index is 0.0469. The van der Waals surface area contributed by atoms with Gasteiger partial charge in [-0.1, -0.05) is 89.7 Å². The lowest BCUT2D eigenvalue weighted by Crippen LogP contribution is -2.31. The van der Waals surface area contributed by atoms with E-state index in [9.17, 15) is 22.9 Å². The molecule has 216 valence electrons. The number of phenols is 1. The van der Waals surface area contributed by atoms with E-state index in [2.05, 4.69) is 36.5 Å². The number of unbranched alkanes of at least 4 members (excludes halogenated alkanes) is 8. The molecule has 1 aromatic rings. The average molecular weight is 552 g/mol. The van der Waals surface area contributed by atoms with E-state index in [1.165, 1.54) is 44.2 Å². The number of carbonyl (C=O) groups is 1. The predicted octanol–water partition coefficient (Wildman–Crippen LogP) is 7.08. The minimum atomic E-state index is -4.20. The molecule has 0 radical (unpaired) electrons. The van der Waals surface area contributed by atoms with Crippen molar-refractivity contribution in [3.63, 3.8) is 0 Å². The maximum absolute atomic E-state index is 12.2. The van der Waals surface area contributed by atoms with Crippen LogP contribution in [0.5, 0.6) is 11.5 Å². The van der Waals surface area contributed by atoms with Crippen LogP contribution in [0.4, 0.5) is 0 Å². The van der Waals surface area contributed by atoms with Crippen molar-refractivity contribution in [3.05, 3.63) is 48.1 Å². The van der Waals surface area contributed by atoms with Crippen molar-refractivity contribution >= 4 is 16.1 Å². The van der Waals surface area contributed by atoms with Crippen molar-refractivity contribution in [2.24, 2.45) is 0 Å². The molecule has 0 aliphatic heterocycles. The Balaban J connectivity index is 2.30. The summed E-state index contributed by atoms with van der Waals surface area (Å²) >= 11 is 0. The number of ether oxygens (including phenoxy) is 1. The highest BCUT2D eigenvalue weighted by Crippen LogP contribution is 2.31. The fourth-order valence-electron chi connectivity index (χ4n) is 4.02. The largest absolute Gasteiger partial charge is 0.504 e. The number of nitrogens with one attached hydrogen (secondary N) is 1. The number of esters is 1. The van der Waals surface area contributed by atoms with Crippen molar-refractivity contribution < 1.29 is 27.6 Å². The molecule has 1 rings (SSSR count). The Labute approximate surface area is 230 Å². The minimum Gasteiger partial charge on any atom is -0.504 e. The van der Waals surface area contributed by atoms with Crippen molar-refractivity contribution in [1.82, 2.24) is 5.32 Å². The van der Waals surface area contributed by atoms with E-state index in [1.54, 1.807) is 6.07 Å². The zero-order valence-corrected chi connectivity index (χ0v) is 24.3. The molecular weight excluding hydrogens is 502 g/mol. The fourth-order valence-corrected chi connectivity index (χ4v) is 4.84. The van der Waals surface area contributed by atoms with Crippen LogP contribution >= 0.6 is 0 Å². The lowest BCUT2D eigenvalue weighted by atomic mass is 10.00. The summed E-state index contributed by atoms with van der Waals surface area (Å²) in [5.41, 5.74) is 0.530. The summed E-state index contributed by atoms with van der Waals surface area (Å²) in [6.07, 6.45) is 21.4. The second-order valence-electron chi connectivity index (χ2n) is 10.2. The van der Waals surface area contributed by atoms with E-state index in [0.29, 0.717) is 12.1 Å². The third-order valence-electron chi connectivity index (χ3n) is 6.19. The molecule has 8 heteroatoms. The Morgan fingerprint density at radius 1 is 0.974 bits per heavy atom.